The number of amides is 1. The average Bonchev–Trinajstić information content (AvgIpc) is 2.03. The Labute approximate surface area is 77.4 Å². The van der Waals surface area contributed by atoms with Crippen molar-refractivity contribution in [3.05, 3.63) is 11.6 Å². The van der Waals surface area contributed by atoms with Crippen LogP contribution >= 0.6 is 11.8 Å². The lowest BCUT2D eigenvalue weighted by Crippen LogP contribution is -2.34. The second kappa shape index (κ2) is 4.52. The quantitative estimate of drug-likeness (QED) is 0.644. The lowest BCUT2D eigenvalue weighted by atomic mass is 10.4. The second-order valence-corrected chi connectivity index (χ2v) is 3.88. The summed E-state index contributed by atoms with van der Waals surface area (Å²) in [5.74, 6) is 0.800. The van der Waals surface area contributed by atoms with Gasteiger partial charge >= 0.3 is 0 Å². The number of nitrogens with zero attached hydrogens (tertiary/aromatic N) is 2. The smallest absolute Gasteiger partial charge is 0.236 e. The van der Waals surface area contributed by atoms with Gasteiger partial charge in [0.2, 0.25) is 5.91 Å². The number of rotatable bonds is 3. The maximum Gasteiger partial charge on any atom is 0.236 e. The largest absolute Gasteiger partial charge is 0.317 e. The van der Waals surface area contributed by atoms with Gasteiger partial charge in [0.15, 0.2) is 0 Å². The van der Waals surface area contributed by atoms with Crippen LogP contribution in [0.1, 0.15) is 0 Å². The molecule has 0 spiro atoms. The first kappa shape index (κ1) is 9.61. The normalized spacial score (nSPS) is 17.6. The summed E-state index contributed by atoms with van der Waals surface area (Å²) in [5.41, 5.74) is 0. The van der Waals surface area contributed by atoms with Gasteiger partial charge in [0.05, 0.1) is 5.75 Å². The molecule has 0 aromatic carbocycles. The van der Waals surface area contributed by atoms with Crippen molar-refractivity contribution < 1.29 is 4.79 Å². The number of carbonyl (C=O) groups excluding carboxylic acids is 1. The molecule has 0 N–H and O–H groups in total. The Bertz CT molecular complexity index is 191. The van der Waals surface area contributed by atoms with Crippen LogP contribution in [-0.2, 0) is 4.79 Å². The molecule has 0 aliphatic carbocycles. The van der Waals surface area contributed by atoms with Crippen LogP contribution in [0.25, 0.3) is 0 Å². The van der Waals surface area contributed by atoms with Crippen molar-refractivity contribution in [3.63, 3.8) is 0 Å². The molecule has 12 heavy (non-hydrogen) atoms. The Kier molecular flexibility index (Phi) is 3.62. The molecule has 0 radical (unpaired) electrons. The lowest BCUT2D eigenvalue weighted by Gasteiger charge is -2.22. The molecule has 0 saturated heterocycles. The van der Waals surface area contributed by atoms with Gasteiger partial charge in [-0.1, -0.05) is 0 Å². The number of hydrogen-bond acceptors (Lipinski definition) is 3. The Hall–Kier alpha value is -0.480. The third kappa shape index (κ3) is 2.87. The van der Waals surface area contributed by atoms with Gasteiger partial charge in [0.1, 0.15) is 0 Å². The number of hydrogen-bond donors (Lipinski definition) is 0. The van der Waals surface area contributed by atoms with Crippen LogP contribution in [0.3, 0.4) is 0 Å². The minimum absolute atomic E-state index is 0.212. The average molecular weight is 186 g/mol. The Morgan fingerprint density at radius 3 is 3.00 bits per heavy atom. The van der Waals surface area contributed by atoms with Gasteiger partial charge in [-0.15, -0.1) is 11.8 Å². The van der Waals surface area contributed by atoms with Crippen molar-refractivity contribution in [2.75, 3.05) is 32.9 Å². The second-order valence-electron chi connectivity index (χ2n) is 2.99. The van der Waals surface area contributed by atoms with E-state index in [-0.39, 0.29) is 5.91 Å². The van der Waals surface area contributed by atoms with E-state index in [2.05, 4.69) is 4.90 Å². The molecule has 1 aliphatic rings. The molecule has 0 atom stereocenters. The van der Waals surface area contributed by atoms with E-state index in [1.807, 2.05) is 25.7 Å². The van der Waals surface area contributed by atoms with Crippen LogP contribution in [0.15, 0.2) is 11.6 Å². The summed E-state index contributed by atoms with van der Waals surface area (Å²) in [5, 5.41) is 1.97. The Balaban J connectivity index is 2.34. The third-order valence-corrected chi connectivity index (χ3v) is 2.38. The first-order chi connectivity index (χ1) is 5.70. The zero-order valence-corrected chi connectivity index (χ0v) is 8.30. The maximum absolute atomic E-state index is 11.2. The fourth-order valence-electron chi connectivity index (χ4n) is 0.909. The van der Waals surface area contributed by atoms with Crippen molar-refractivity contribution >= 4 is 17.7 Å². The van der Waals surface area contributed by atoms with Crippen molar-refractivity contribution in [1.29, 1.82) is 0 Å². The van der Waals surface area contributed by atoms with Crippen LogP contribution < -0.4 is 0 Å². The summed E-state index contributed by atoms with van der Waals surface area (Å²) < 4.78 is 0. The van der Waals surface area contributed by atoms with Crippen LogP contribution in [0, 0.1) is 0 Å². The minimum atomic E-state index is 0.212. The van der Waals surface area contributed by atoms with Crippen LogP contribution in [0.4, 0.5) is 0 Å². The molecule has 1 aliphatic heterocycles. The summed E-state index contributed by atoms with van der Waals surface area (Å²) in [6, 6.07) is 0. The molecule has 3 nitrogen and oxygen atoms in total. The standard InChI is InChI=1S/C8H14N2OS/c1-9(2)3-4-10-5-6-12-7-8(10)11/h5-6H,3-4,7H2,1-2H3. The van der Waals surface area contributed by atoms with E-state index in [1.165, 1.54) is 0 Å². The fourth-order valence-corrected chi connectivity index (χ4v) is 1.55. The molecule has 4 heteroatoms. The highest BCUT2D eigenvalue weighted by atomic mass is 32.2. The first-order valence-electron chi connectivity index (χ1n) is 3.92. The molecular weight excluding hydrogens is 172 g/mol. The third-order valence-electron chi connectivity index (χ3n) is 1.65. The SMILES string of the molecule is CN(C)CCN1C=CSCC1=O. The Morgan fingerprint density at radius 2 is 2.42 bits per heavy atom. The monoisotopic (exact) mass is 186 g/mol. The van der Waals surface area contributed by atoms with Crippen molar-refractivity contribution in [2.24, 2.45) is 0 Å². The highest BCUT2D eigenvalue weighted by molar-refractivity contribution is 8.02. The van der Waals surface area contributed by atoms with Gasteiger partial charge in [0, 0.05) is 19.3 Å². The molecule has 0 bridgehead atoms. The molecule has 1 heterocycles. The molecule has 0 fully saturated rings. The zero-order valence-electron chi connectivity index (χ0n) is 7.49. The van der Waals surface area contributed by atoms with Crippen LogP contribution in [-0.4, -0.2) is 48.6 Å². The van der Waals surface area contributed by atoms with E-state index in [0.717, 1.165) is 13.1 Å². The van der Waals surface area contributed by atoms with Gasteiger partial charge in [-0.05, 0) is 19.5 Å². The van der Waals surface area contributed by atoms with Gasteiger partial charge in [-0.25, -0.2) is 0 Å². The van der Waals surface area contributed by atoms with E-state index >= 15 is 0 Å². The summed E-state index contributed by atoms with van der Waals surface area (Å²) in [6.45, 7) is 1.71. The summed E-state index contributed by atoms with van der Waals surface area (Å²) in [7, 11) is 4.01. The van der Waals surface area contributed by atoms with Crippen LogP contribution in [0.5, 0.6) is 0 Å². The van der Waals surface area contributed by atoms with Gasteiger partial charge in [-0.3, -0.25) is 4.79 Å². The summed E-state index contributed by atoms with van der Waals surface area (Å²) >= 11 is 1.56. The summed E-state index contributed by atoms with van der Waals surface area (Å²) in [4.78, 5) is 15.1. The molecule has 1 amide bonds. The van der Waals surface area contributed by atoms with Crippen molar-refractivity contribution in [1.82, 2.24) is 9.80 Å². The van der Waals surface area contributed by atoms with Crippen LogP contribution in [0.2, 0.25) is 0 Å². The van der Waals surface area contributed by atoms with E-state index < -0.39 is 0 Å². The van der Waals surface area contributed by atoms with E-state index in [9.17, 15) is 4.79 Å². The van der Waals surface area contributed by atoms with Gasteiger partial charge in [-0.2, -0.15) is 0 Å². The predicted octanol–water partition coefficient (Wildman–Crippen LogP) is 0.595. The lowest BCUT2D eigenvalue weighted by molar-refractivity contribution is -0.126. The topological polar surface area (TPSA) is 23.6 Å². The molecule has 0 aromatic heterocycles. The van der Waals surface area contributed by atoms with E-state index in [1.54, 1.807) is 16.7 Å². The first-order valence-corrected chi connectivity index (χ1v) is 4.97. The minimum Gasteiger partial charge on any atom is -0.317 e. The Morgan fingerprint density at radius 1 is 1.67 bits per heavy atom. The highest BCUT2D eigenvalue weighted by Gasteiger charge is 2.13. The molecular formula is C8H14N2OS. The number of carbonyl (C=O) groups is 1. The molecule has 1 rings (SSSR count). The molecule has 0 unspecified atom stereocenters. The highest BCUT2D eigenvalue weighted by Crippen LogP contribution is 2.11. The molecule has 68 valence electrons. The van der Waals surface area contributed by atoms with E-state index in [4.69, 9.17) is 0 Å². The fraction of sp³-hybridized carbons (Fsp3) is 0.625. The maximum atomic E-state index is 11.2. The molecule has 0 aromatic rings. The van der Waals surface area contributed by atoms with Crippen molar-refractivity contribution in [3.8, 4) is 0 Å². The van der Waals surface area contributed by atoms with Gasteiger partial charge in [0.25, 0.3) is 0 Å². The van der Waals surface area contributed by atoms with Gasteiger partial charge < -0.3 is 9.80 Å². The summed E-state index contributed by atoms with van der Waals surface area (Å²) in [6.07, 6.45) is 1.86. The van der Waals surface area contributed by atoms with E-state index in [0.29, 0.717) is 5.75 Å². The predicted molar refractivity (Wildman–Crippen MR) is 51.9 cm³/mol. The number of thioether (sulfide) groups is 1. The number of likely N-dealkylation sites (N-methyl/N-ethyl adjacent to an activating group) is 1. The zero-order chi connectivity index (χ0) is 8.97. The van der Waals surface area contributed by atoms with Crippen molar-refractivity contribution in [2.45, 2.75) is 0 Å². The molecule has 0 saturated carbocycles.